The minimum Gasteiger partial charge on any atom is -0.481 e. The highest BCUT2D eigenvalue weighted by Gasteiger charge is 2.05. The molecule has 6 heteroatoms. The van der Waals surface area contributed by atoms with Crippen LogP contribution in [0.2, 0.25) is 0 Å². The molecule has 0 fully saturated rings. The van der Waals surface area contributed by atoms with Gasteiger partial charge in [0.15, 0.2) is 5.13 Å². The lowest BCUT2D eigenvalue weighted by molar-refractivity contribution is -0.137. The predicted octanol–water partition coefficient (Wildman–Crippen LogP) is 2.04. The summed E-state index contributed by atoms with van der Waals surface area (Å²) in [4.78, 5) is 26.7. The average molecular weight is 242 g/mol. The van der Waals surface area contributed by atoms with Crippen LogP contribution in [-0.2, 0) is 9.59 Å². The molecule has 0 radical (unpaired) electrons. The second-order valence-electron chi connectivity index (χ2n) is 3.43. The van der Waals surface area contributed by atoms with Crippen molar-refractivity contribution in [3.8, 4) is 0 Å². The summed E-state index contributed by atoms with van der Waals surface area (Å²) in [6, 6.07) is 0. The normalized spacial score (nSPS) is 10.1. The molecular weight excluding hydrogens is 228 g/mol. The summed E-state index contributed by atoms with van der Waals surface area (Å²) in [6.07, 6.45) is 3.27. The summed E-state index contributed by atoms with van der Waals surface area (Å²) in [6.45, 7) is 1.92. The quantitative estimate of drug-likeness (QED) is 0.748. The molecule has 5 nitrogen and oxygen atoms in total. The predicted molar refractivity (Wildman–Crippen MR) is 61.6 cm³/mol. The van der Waals surface area contributed by atoms with Gasteiger partial charge in [-0.3, -0.25) is 9.59 Å². The van der Waals surface area contributed by atoms with Gasteiger partial charge in [-0.2, -0.15) is 0 Å². The zero-order chi connectivity index (χ0) is 12.0. The van der Waals surface area contributed by atoms with Crippen molar-refractivity contribution >= 4 is 28.3 Å². The number of anilines is 1. The zero-order valence-electron chi connectivity index (χ0n) is 9.02. The molecule has 0 atom stereocenters. The van der Waals surface area contributed by atoms with E-state index in [1.807, 2.05) is 6.92 Å². The molecular formula is C10H14N2O3S. The first-order valence-electron chi connectivity index (χ1n) is 5.02. The Balaban J connectivity index is 2.18. The molecule has 0 aromatic carbocycles. The van der Waals surface area contributed by atoms with Crippen LogP contribution < -0.4 is 5.32 Å². The Hall–Kier alpha value is -1.43. The fraction of sp³-hybridized carbons (Fsp3) is 0.500. The van der Waals surface area contributed by atoms with E-state index in [9.17, 15) is 9.59 Å². The van der Waals surface area contributed by atoms with Gasteiger partial charge in [0.25, 0.3) is 0 Å². The maximum absolute atomic E-state index is 11.4. The fourth-order valence-electron chi connectivity index (χ4n) is 1.16. The Bertz CT molecular complexity index is 376. The van der Waals surface area contributed by atoms with Crippen molar-refractivity contribution in [3.63, 3.8) is 0 Å². The lowest BCUT2D eigenvalue weighted by atomic mass is 10.2. The third kappa shape index (κ3) is 4.88. The topological polar surface area (TPSA) is 79.3 Å². The van der Waals surface area contributed by atoms with Gasteiger partial charge in [0.05, 0.1) is 0 Å². The number of hydrogen-bond donors (Lipinski definition) is 2. The molecule has 1 aromatic heterocycles. The minimum absolute atomic E-state index is 0.111. The van der Waals surface area contributed by atoms with Crippen LogP contribution in [-0.4, -0.2) is 22.0 Å². The van der Waals surface area contributed by atoms with E-state index in [1.165, 1.54) is 11.3 Å². The molecule has 1 aromatic rings. The number of unbranched alkanes of at least 4 members (excludes halogenated alkanes) is 1. The lowest BCUT2D eigenvalue weighted by Crippen LogP contribution is -2.10. The summed E-state index contributed by atoms with van der Waals surface area (Å²) >= 11 is 1.42. The summed E-state index contributed by atoms with van der Waals surface area (Å²) in [5, 5.41) is 11.7. The highest BCUT2D eigenvalue weighted by molar-refractivity contribution is 7.15. The van der Waals surface area contributed by atoms with E-state index >= 15 is 0 Å². The maximum Gasteiger partial charge on any atom is 0.303 e. The van der Waals surface area contributed by atoms with Crippen LogP contribution in [0.1, 0.15) is 30.6 Å². The second-order valence-corrected chi connectivity index (χ2v) is 4.66. The number of aliphatic carboxylic acids is 1. The molecule has 0 bridgehead atoms. The molecule has 16 heavy (non-hydrogen) atoms. The number of aryl methyl sites for hydroxylation is 1. The van der Waals surface area contributed by atoms with Crippen molar-refractivity contribution in [2.75, 3.05) is 5.32 Å². The first-order valence-corrected chi connectivity index (χ1v) is 5.83. The number of carbonyl (C=O) groups excluding carboxylic acids is 1. The van der Waals surface area contributed by atoms with E-state index in [4.69, 9.17) is 5.11 Å². The van der Waals surface area contributed by atoms with Crippen LogP contribution in [0.3, 0.4) is 0 Å². The molecule has 0 unspecified atom stereocenters. The molecule has 0 aliphatic heterocycles. The van der Waals surface area contributed by atoms with Crippen molar-refractivity contribution < 1.29 is 14.7 Å². The Kier molecular flexibility index (Phi) is 4.91. The van der Waals surface area contributed by atoms with Crippen molar-refractivity contribution in [1.82, 2.24) is 4.98 Å². The Morgan fingerprint density at radius 3 is 2.69 bits per heavy atom. The van der Waals surface area contributed by atoms with Crippen LogP contribution in [0.4, 0.5) is 5.13 Å². The first-order chi connectivity index (χ1) is 7.58. The summed E-state index contributed by atoms with van der Waals surface area (Å²) in [5.41, 5.74) is 0. The van der Waals surface area contributed by atoms with Gasteiger partial charge >= 0.3 is 5.97 Å². The van der Waals surface area contributed by atoms with Crippen molar-refractivity contribution in [2.24, 2.45) is 0 Å². The monoisotopic (exact) mass is 242 g/mol. The number of rotatable bonds is 6. The molecule has 0 spiro atoms. The van der Waals surface area contributed by atoms with Crippen LogP contribution >= 0.6 is 11.3 Å². The Morgan fingerprint density at radius 1 is 1.44 bits per heavy atom. The minimum atomic E-state index is -0.823. The van der Waals surface area contributed by atoms with Crippen LogP contribution in [0.25, 0.3) is 0 Å². The van der Waals surface area contributed by atoms with Gasteiger partial charge in [-0.15, -0.1) is 11.3 Å². The third-order valence-electron chi connectivity index (χ3n) is 1.91. The van der Waals surface area contributed by atoms with E-state index in [0.717, 1.165) is 4.88 Å². The molecule has 1 amide bonds. The molecule has 0 aliphatic carbocycles. The molecule has 1 heterocycles. The smallest absolute Gasteiger partial charge is 0.303 e. The molecule has 0 aliphatic rings. The van der Waals surface area contributed by atoms with E-state index in [1.54, 1.807) is 6.20 Å². The van der Waals surface area contributed by atoms with E-state index in [-0.39, 0.29) is 12.3 Å². The van der Waals surface area contributed by atoms with Crippen LogP contribution in [0.5, 0.6) is 0 Å². The summed E-state index contributed by atoms with van der Waals surface area (Å²) < 4.78 is 0. The van der Waals surface area contributed by atoms with E-state index in [0.29, 0.717) is 24.4 Å². The van der Waals surface area contributed by atoms with Crippen molar-refractivity contribution in [3.05, 3.63) is 11.1 Å². The van der Waals surface area contributed by atoms with Crippen LogP contribution in [0, 0.1) is 6.92 Å². The maximum atomic E-state index is 11.4. The number of hydrogen-bond acceptors (Lipinski definition) is 4. The Labute approximate surface area is 97.5 Å². The molecule has 1 rings (SSSR count). The van der Waals surface area contributed by atoms with Gasteiger partial charge < -0.3 is 10.4 Å². The highest BCUT2D eigenvalue weighted by Crippen LogP contribution is 2.16. The summed E-state index contributed by atoms with van der Waals surface area (Å²) in [5.74, 6) is -0.935. The number of carboxylic acid groups (broad SMARTS) is 1. The molecule has 0 saturated heterocycles. The molecule has 2 N–H and O–H groups in total. The third-order valence-corrected chi connectivity index (χ3v) is 2.74. The Morgan fingerprint density at radius 2 is 2.12 bits per heavy atom. The number of amides is 1. The highest BCUT2D eigenvalue weighted by atomic mass is 32.1. The fourth-order valence-corrected chi connectivity index (χ4v) is 1.84. The zero-order valence-corrected chi connectivity index (χ0v) is 9.84. The van der Waals surface area contributed by atoms with Gasteiger partial charge in [-0.1, -0.05) is 0 Å². The number of nitrogens with zero attached hydrogens (tertiary/aromatic N) is 1. The summed E-state index contributed by atoms with van der Waals surface area (Å²) in [7, 11) is 0. The largest absolute Gasteiger partial charge is 0.481 e. The standard InChI is InChI=1S/C10H14N2O3S/c1-7-6-11-10(16-7)12-8(13)4-2-3-5-9(14)15/h6H,2-5H2,1H3,(H,14,15)(H,11,12,13). The molecule has 88 valence electrons. The number of nitrogens with one attached hydrogen (secondary N) is 1. The molecule has 0 saturated carbocycles. The number of thiazole rings is 1. The average Bonchev–Trinajstić information content (AvgIpc) is 2.58. The SMILES string of the molecule is Cc1cnc(NC(=O)CCCCC(=O)O)s1. The van der Waals surface area contributed by atoms with E-state index in [2.05, 4.69) is 10.3 Å². The lowest BCUT2D eigenvalue weighted by Gasteiger charge is -2.00. The number of aromatic nitrogens is 1. The second kappa shape index (κ2) is 6.22. The van der Waals surface area contributed by atoms with Gasteiger partial charge in [-0.25, -0.2) is 4.98 Å². The van der Waals surface area contributed by atoms with Gasteiger partial charge in [-0.05, 0) is 19.8 Å². The van der Waals surface area contributed by atoms with Crippen LogP contribution in [0.15, 0.2) is 6.20 Å². The van der Waals surface area contributed by atoms with E-state index < -0.39 is 5.97 Å². The van der Waals surface area contributed by atoms with Crippen molar-refractivity contribution in [1.29, 1.82) is 0 Å². The number of carbonyl (C=O) groups is 2. The van der Waals surface area contributed by atoms with Crippen molar-refractivity contribution in [2.45, 2.75) is 32.6 Å². The van der Waals surface area contributed by atoms with Gasteiger partial charge in [0, 0.05) is 23.9 Å². The van der Waals surface area contributed by atoms with Gasteiger partial charge in [0.1, 0.15) is 0 Å². The number of carboxylic acids is 1. The first kappa shape index (κ1) is 12.6. The van der Waals surface area contributed by atoms with Gasteiger partial charge in [0.2, 0.25) is 5.91 Å².